The third kappa shape index (κ3) is 2.24. The molecule has 0 heterocycles. The molecule has 1 atom stereocenters. The van der Waals surface area contributed by atoms with Gasteiger partial charge in [0.05, 0.1) is 0 Å². The minimum atomic E-state index is -2.42. The topological polar surface area (TPSA) is 17.1 Å². The van der Waals surface area contributed by atoms with E-state index in [9.17, 15) is 4.57 Å². The molecule has 0 bridgehead atoms. The highest BCUT2D eigenvalue weighted by Gasteiger charge is 2.35. The normalized spacial score (nSPS) is 16.6. The number of rotatable bonds is 1. The zero-order valence-corrected chi connectivity index (χ0v) is 10.6. The van der Waals surface area contributed by atoms with Crippen molar-refractivity contribution in [3.05, 3.63) is 30.3 Å². The summed E-state index contributed by atoms with van der Waals surface area (Å²) in [5.74, 6) is -2.42. The van der Waals surface area contributed by atoms with Crippen molar-refractivity contribution >= 4 is 26.6 Å². The summed E-state index contributed by atoms with van der Waals surface area (Å²) < 4.78 is 12.4. The lowest BCUT2D eigenvalue weighted by Crippen LogP contribution is -2.19. The maximum Gasteiger partial charge on any atom is 0.180 e. The minimum absolute atomic E-state index is 0.228. The zero-order chi connectivity index (χ0) is 10.1. The molecule has 1 rings (SSSR count). The number of hydrogen-bond acceptors (Lipinski definition) is 1. The van der Waals surface area contributed by atoms with Crippen molar-refractivity contribution in [2.75, 3.05) is 0 Å². The third-order valence-electron chi connectivity index (χ3n) is 1.95. The molecule has 0 spiro atoms. The van der Waals surface area contributed by atoms with Gasteiger partial charge in [0, 0.05) is 10.5 Å². The van der Waals surface area contributed by atoms with Gasteiger partial charge in [-0.25, -0.2) is 0 Å². The second-order valence-corrected chi connectivity index (χ2v) is 9.96. The van der Waals surface area contributed by atoms with E-state index in [1.165, 1.54) is 0 Å². The predicted octanol–water partition coefficient (Wildman–Crippen LogP) is 3.78. The third-order valence-corrected chi connectivity index (χ3v) is 9.06. The average Bonchev–Trinajstić information content (AvgIpc) is 2.04. The molecule has 0 aliphatic rings. The van der Waals surface area contributed by atoms with E-state index in [4.69, 9.17) is 0 Å². The molecule has 0 N–H and O–H groups in total. The quantitative estimate of drug-likeness (QED) is 0.703. The van der Waals surface area contributed by atoms with E-state index in [2.05, 4.69) is 15.5 Å². The monoisotopic (exact) mass is 260 g/mol. The SMILES string of the molecule is CC(C)(C)[P@](=O)(Br)c1ccccc1. The van der Waals surface area contributed by atoms with Crippen LogP contribution in [-0.4, -0.2) is 5.16 Å². The first-order chi connectivity index (χ1) is 5.86. The largest absolute Gasteiger partial charge is 0.306 e. The van der Waals surface area contributed by atoms with Crippen molar-refractivity contribution in [1.82, 2.24) is 0 Å². The summed E-state index contributed by atoms with van der Waals surface area (Å²) >= 11 is 3.37. The number of benzene rings is 1. The highest BCUT2D eigenvalue weighted by atomic mass is 79.9. The molecule has 0 radical (unpaired) electrons. The Kier molecular flexibility index (Phi) is 3.04. The van der Waals surface area contributed by atoms with Crippen molar-refractivity contribution < 1.29 is 4.57 Å². The summed E-state index contributed by atoms with van der Waals surface area (Å²) in [7, 11) is 0. The first-order valence-corrected chi connectivity index (χ1v) is 7.93. The van der Waals surface area contributed by atoms with Gasteiger partial charge in [0.1, 0.15) is 0 Å². The molecule has 13 heavy (non-hydrogen) atoms. The van der Waals surface area contributed by atoms with Gasteiger partial charge in [0.15, 0.2) is 5.84 Å². The van der Waals surface area contributed by atoms with Gasteiger partial charge in [-0.2, -0.15) is 0 Å². The van der Waals surface area contributed by atoms with Crippen LogP contribution in [0.2, 0.25) is 0 Å². The Morgan fingerprint density at radius 2 is 1.62 bits per heavy atom. The molecule has 0 fully saturated rings. The molecular formula is C10H14BrOP. The molecule has 1 aromatic carbocycles. The van der Waals surface area contributed by atoms with E-state index in [-0.39, 0.29) is 5.16 Å². The van der Waals surface area contributed by atoms with E-state index < -0.39 is 5.84 Å². The summed E-state index contributed by atoms with van der Waals surface area (Å²) in [5.41, 5.74) is 0. The molecule has 0 unspecified atom stereocenters. The van der Waals surface area contributed by atoms with E-state index in [0.29, 0.717) is 0 Å². The molecule has 0 amide bonds. The maximum absolute atomic E-state index is 12.4. The predicted molar refractivity (Wildman–Crippen MR) is 62.4 cm³/mol. The zero-order valence-electron chi connectivity index (χ0n) is 8.12. The Morgan fingerprint density at radius 1 is 1.15 bits per heavy atom. The van der Waals surface area contributed by atoms with Crippen molar-refractivity contribution in [2.24, 2.45) is 0 Å². The van der Waals surface area contributed by atoms with Gasteiger partial charge in [0.2, 0.25) is 0 Å². The lowest BCUT2D eigenvalue weighted by molar-refractivity contribution is 0.569. The standard InChI is InChI=1S/C10H14BrOP/c1-10(2,3)13(11,12)9-7-5-4-6-8-9/h4-8H,1-3H3/t13-/m0/s1. The summed E-state index contributed by atoms with van der Waals surface area (Å²) in [6.07, 6.45) is 0. The highest BCUT2D eigenvalue weighted by molar-refractivity contribution is 9.41. The van der Waals surface area contributed by atoms with Crippen LogP contribution in [-0.2, 0) is 4.57 Å². The van der Waals surface area contributed by atoms with Gasteiger partial charge in [0.25, 0.3) is 0 Å². The fraction of sp³-hybridized carbons (Fsp3) is 0.400. The van der Waals surface area contributed by atoms with Crippen molar-refractivity contribution in [3.8, 4) is 0 Å². The minimum Gasteiger partial charge on any atom is -0.306 e. The lowest BCUT2D eigenvalue weighted by Gasteiger charge is -2.26. The van der Waals surface area contributed by atoms with Crippen LogP contribution in [0.5, 0.6) is 0 Å². The van der Waals surface area contributed by atoms with Gasteiger partial charge < -0.3 is 4.57 Å². The van der Waals surface area contributed by atoms with Crippen LogP contribution < -0.4 is 5.30 Å². The van der Waals surface area contributed by atoms with E-state index in [1.54, 1.807) is 0 Å². The Bertz CT molecular complexity index is 327. The van der Waals surface area contributed by atoms with Crippen LogP contribution in [0.4, 0.5) is 0 Å². The van der Waals surface area contributed by atoms with Crippen LogP contribution in [0, 0.1) is 0 Å². The van der Waals surface area contributed by atoms with Gasteiger partial charge in [-0.3, -0.25) is 0 Å². The fourth-order valence-electron chi connectivity index (χ4n) is 1.01. The highest BCUT2D eigenvalue weighted by Crippen LogP contribution is 2.63. The van der Waals surface area contributed by atoms with Crippen LogP contribution in [0.1, 0.15) is 20.8 Å². The smallest absolute Gasteiger partial charge is 0.180 e. The summed E-state index contributed by atoms with van der Waals surface area (Å²) in [5, 5.41) is 0.663. The summed E-state index contributed by atoms with van der Waals surface area (Å²) in [6.45, 7) is 5.95. The molecule has 0 aliphatic carbocycles. The van der Waals surface area contributed by atoms with Gasteiger partial charge in [-0.1, -0.05) is 51.1 Å². The summed E-state index contributed by atoms with van der Waals surface area (Å²) in [4.78, 5) is 0. The number of hydrogen-bond donors (Lipinski definition) is 0. The van der Waals surface area contributed by atoms with Gasteiger partial charge in [-0.15, -0.1) is 0 Å². The molecule has 0 aromatic heterocycles. The lowest BCUT2D eigenvalue weighted by atomic mass is 10.3. The molecular weight excluding hydrogens is 247 g/mol. The molecule has 72 valence electrons. The number of halogens is 1. The molecule has 1 nitrogen and oxygen atoms in total. The van der Waals surface area contributed by atoms with Gasteiger partial charge >= 0.3 is 0 Å². The van der Waals surface area contributed by atoms with Crippen LogP contribution in [0.25, 0.3) is 0 Å². The Balaban J connectivity index is 3.17. The van der Waals surface area contributed by atoms with Crippen LogP contribution >= 0.6 is 21.3 Å². The molecule has 3 heteroatoms. The molecule has 0 saturated heterocycles. The van der Waals surface area contributed by atoms with E-state index >= 15 is 0 Å². The average molecular weight is 261 g/mol. The summed E-state index contributed by atoms with van der Waals surface area (Å²) in [6, 6.07) is 9.56. The van der Waals surface area contributed by atoms with Crippen LogP contribution in [0.15, 0.2) is 30.3 Å². The molecule has 0 aliphatic heterocycles. The van der Waals surface area contributed by atoms with Gasteiger partial charge in [-0.05, 0) is 15.5 Å². The second-order valence-electron chi connectivity index (χ2n) is 4.04. The van der Waals surface area contributed by atoms with E-state index in [1.807, 2.05) is 51.1 Å². The molecule has 1 aromatic rings. The fourth-order valence-corrected chi connectivity index (χ4v) is 3.05. The van der Waals surface area contributed by atoms with Crippen LogP contribution in [0.3, 0.4) is 0 Å². The Hall–Kier alpha value is -0.0700. The van der Waals surface area contributed by atoms with Crippen molar-refractivity contribution in [2.45, 2.75) is 25.9 Å². The van der Waals surface area contributed by atoms with E-state index in [0.717, 1.165) is 5.30 Å². The second kappa shape index (κ2) is 3.59. The van der Waals surface area contributed by atoms with Crippen molar-refractivity contribution in [1.29, 1.82) is 0 Å². The Labute approximate surface area is 87.7 Å². The first-order valence-electron chi connectivity index (χ1n) is 4.21. The van der Waals surface area contributed by atoms with Crippen molar-refractivity contribution in [3.63, 3.8) is 0 Å². The Morgan fingerprint density at radius 3 is 2.00 bits per heavy atom. The first kappa shape index (κ1) is 11.0. The maximum atomic E-state index is 12.4. The molecule has 0 saturated carbocycles.